The Bertz CT molecular complexity index is 193. The molecule has 1 unspecified atom stereocenters. The first-order chi connectivity index (χ1) is 6.18. The fourth-order valence-corrected chi connectivity index (χ4v) is 1.95. The summed E-state index contributed by atoms with van der Waals surface area (Å²) in [6, 6.07) is 0. The largest absolute Gasteiger partial charge is 0.300 e. The van der Waals surface area contributed by atoms with Crippen LogP contribution in [0.5, 0.6) is 0 Å². The third kappa shape index (κ3) is 4.52. The Hall–Kier alpha value is -0.220. The highest BCUT2D eigenvalue weighted by molar-refractivity contribution is 7.79. The topological polar surface area (TPSA) is 43.4 Å². The van der Waals surface area contributed by atoms with Gasteiger partial charge in [-0.1, -0.05) is 0 Å². The van der Waals surface area contributed by atoms with E-state index in [4.69, 9.17) is 4.18 Å². The third-order valence-electron chi connectivity index (χ3n) is 2.44. The molecule has 0 amide bonds. The van der Waals surface area contributed by atoms with Gasteiger partial charge in [-0.3, -0.25) is 8.98 Å². The maximum absolute atomic E-state index is 10.9. The molecule has 0 N–H and O–H groups in total. The molecule has 1 aliphatic rings. The summed E-state index contributed by atoms with van der Waals surface area (Å²) in [7, 11) is 0. The SMILES string of the molecule is CS(=O)OCCC1CCC(=O)CC1. The molecule has 0 aromatic carbocycles. The number of rotatable bonds is 4. The molecule has 0 radical (unpaired) electrons. The van der Waals surface area contributed by atoms with Crippen LogP contribution >= 0.6 is 0 Å². The summed E-state index contributed by atoms with van der Waals surface area (Å²) in [5.74, 6) is 0.984. The van der Waals surface area contributed by atoms with E-state index in [1.54, 1.807) is 0 Å². The minimum absolute atomic E-state index is 0.385. The summed E-state index contributed by atoms with van der Waals surface area (Å²) in [4.78, 5) is 10.9. The van der Waals surface area contributed by atoms with Gasteiger partial charge in [0.15, 0.2) is 11.1 Å². The lowest BCUT2D eigenvalue weighted by molar-refractivity contribution is -0.121. The van der Waals surface area contributed by atoms with Crippen molar-refractivity contribution in [3.05, 3.63) is 0 Å². The Balaban J connectivity index is 2.09. The van der Waals surface area contributed by atoms with Gasteiger partial charge in [0.25, 0.3) is 0 Å². The van der Waals surface area contributed by atoms with E-state index in [2.05, 4.69) is 0 Å². The Morgan fingerprint density at radius 2 is 2.08 bits per heavy atom. The average Bonchev–Trinajstić information content (AvgIpc) is 2.08. The minimum Gasteiger partial charge on any atom is -0.300 e. The van der Waals surface area contributed by atoms with Crippen LogP contribution in [0.15, 0.2) is 0 Å². The Morgan fingerprint density at radius 1 is 1.46 bits per heavy atom. The van der Waals surface area contributed by atoms with Crippen molar-refractivity contribution in [3.8, 4) is 0 Å². The molecule has 0 heterocycles. The molecule has 0 aromatic heterocycles. The molecule has 3 nitrogen and oxygen atoms in total. The van der Waals surface area contributed by atoms with Gasteiger partial charge in [0, 0.05) is 19.1 Å². The van der Waals surface area contributed by atoms with Crippen molar-refractivity contribution in [2.75, 3.05) is 12.9 Å². The van der Waals surface area contributed by atoms with Crippen LogP contribution in [0.4, 0.5) is 0 Å². The number of hydrogen-bond acceptors (Lipinski definition) is 3. The van der Waals surface area contributed by atoms with Gasteiger partial charge in [0.1, 0.15) is 5.78 Å². The smallest absolute Gasteiger partial charge is 0.152 e. The van der Waals surface area contributed by atoms with Gasteiger partial charge < -0.3 is 0 Å². The van der Waals surface area contributed by atoms with E-state index in [1.165, 1.54) is 6.26 Å². The van der Waals surface area contributed by atoms with Crippen LogP contribution < -0.4 is 0 Å². The molecular weight excluding hydrogens is 188 g/mol. The van der Waals surface area contributed by atoms with E-state index in [0.717, 1.165) is 32.1 Å². The van der Waals surface area contributed by atoms with Crippen molar-refractivity contribution in [1.29, 1.82) is 0 Å². The zero-order chi connectivity index (χ0) is 9.68. The molecule has 0 saturated heterocycles. The van der Waals surface area contributed by atoms with Gasteiger partial charge in [-0.15, -0.1) is 0 Å². The second-order valence-corrected chi connectivity index (χ2v) is 4.53. The molecule has 1 aliphatic carbocycles. The van der Waals surface area contributed by atoms with E-state index >= 15 is 0 Å². The molecule has 1 saturated carbocycles. The van der Waals surface area contributed by atoms with Crippen LogP contribution in [-0.2, 0) is 20.1 Å². The zero-order valence-corrected chi connectivity index (χ0v) is 8.77. The van der Waals surface area contributed by atoms with E-state index in [0.29, 0.717) is 18.3 Å². The van der Waals surface area contributed by atoms with Crippen molar-refractivity contribution in [1.82, 2.24) is 0 Å². The van der Waals surface area contributed by atoms with Crippen LogP contribution in [0.3, 0.4) is 0 Å². The molecule has 1 rings (SSSR count). The summed E-state index contributed by atoms with van der Waals surface area (Å²) >= 11 is -1.14. The summed E-state index contributed by atoms with van der Waals surface area (Å²) in [5, 5.41) is 0. The lowest BCUT2D eigenvalue weighted by atomic mass is 9.86. The van der Waals surface area contributed by atoms with E-state index < -0.39 is 11.1 Å². The van der Waals surface area contributed by atoms with Crippen LogP contribution in [0.2, 0.25) is 0 Å². The normalized spacial score (nSPS) is 21.8. The first-order valence-corrected chi connectivity index (χ1v) is 6.15. The molecule has 13 heavy (non-hydrogen) atoms. The van der Waals surface area contributed by atoms with Crippen LogP contribution in [0, 0.1) is 5.92 Å². The van der Waals surface area contributed by atoms with Crippen molar-refractivity contribution >= 4 is 16.9 Å². The molecule has 76 valence electrons. The molecule has 0 aromatic rings. The van der Waals surface area contributed by atoms with Gasteiger partial charge in [0.05, 0.1) is 6.61 Å². The maximum atomic E-state index is 10.9. The van der Waals surface area contributed by atoms with E-state index in [-0.39, 0.29) is 0 Å². The summed E-state index contributed by atoms with van der Waals surface area (Å²) < 4.78 is 15.5. The second-order valence-electron chi connectivity index (χ2n) is 3.49. The van der Waals surface area contributed by atoms with Crippen LogP contribution in [-0.4, -0.2) is 22.9 Å². The van der Waals surface area contributed by atoms with Crippen molar-refractivity contribution in [3.63, 3.8) is 0 Å². The van der Waals surface area contributed by atoms with E-state index in [1.807, 2.05) is 0 Å². The first-order valence-electron chi connectivity index (χ1n) is 4.67. The number of carbonyl (C=O) groups is 1. The average molecular weight is 204 g/mol. The maximum Gasteiger partial charge on any atom is 0.152 e. The first kappa shape index (κ1) is 10.9. The summed E-state index contributed by atoms with van der Waals surface area (Å²) in [6.45, 7) is 0.558. The Kier molecular flexibility index (Phi) is 4.59. The fraction of sp³-hybridized carbons (Fsp3) is 0.889. The molecule has 0 spiro atoms. The number of hydrogen-bond donors (Lipinski definition) is 0. The molecule has 1 fully saturated rings. The summed E-state index contributed by atoms with van der Waals surface area (Å²) in [6.07, 6.45) is 5.88. The molecular formula is C9H16O3S. The highest BCUT2D eigenvalue weighted by Gasteiger charge is 2.18. The van der Waals surface area contributed by atoms with E-state index in [9.17, 15) is 9.00 Å². The number of Topliss-reactive ketones (excluding diaryl/α,β-unsaturated/α-hetero) is 1. The van der Waals surface area contributed by atoms with Crippen molar-refractivity contribution in [2.45, 2.75) is 32.1 Å². The van der Waals surface area contributed by atoms with Gasteiger partial charge in [0.2, 0.25) is 0 Å². The molecule has 1 atom stereocenters. The standard InChI is InChI=1S/C9H16O3S/c1-13(11)12-7-6-8-2-4-9(10)5-3-8/h8H,2-7H2,1H3. The van der Waals surface area contributed by atoms with Crippen molar-refractivity contribution < 1.29 is 13.2 Å². The monoisotopic (exact) mass is 204 g/mol. The minimum atomic E-state index is -1.14. The van der Waals surface area contributed by atoms with Gasteiger partial charge in [-0.05, 0) is 25.2 Å². The highest BCUT2D eigenvalue weighted by atomic mass is 32.2. The van der Waals surface area contributed by atoms with Gasteiger partial charge in [-0.25, -0.2) is 4.21 Å². The second kappa shape index (κ2) is 5.50. The highest BCUT2D eigenvalue weighted by Crippen LogP contribution is 2.24. The summed E-state index contributed by atoms with van der Waals surface area (Å²) in [5.41, 5.74) is 0. The lowest BCUT2D eigenvalue weighted by Gasteiger charge is -2.19. The lowest BCUT2D eigenvalue weighted by Crippen LogP contribution is -2.15. The Labute approximate surface area is 81.5 Å². The Morgan fingerprint density at radius 3 is 2.62 bits per heavy atom. The zero-order valence-electron chi connectivity index (χ0n) is 7.95. The van der Waals surface area contributed by atoms with Crippen molar-refractivity contribution in [2.24, 2.45) is 5.92 Å². The van der Waals surface area contributed by atoms with Gasteiger partial charge >= 0.3 is 0 Å². The van der Waals surface area contributed by atoms with Gasteiger partial charge in [-0.2, -0.15) is 0 Å². The number of carbonyl (C=O) groups excluding carboxylic acids is 1. The van der Waals surface area contributed by atoms with Crippen LogP contribution in [0.1, 0.15) is 32.1 Å². The molecule has 0 bridgehead atoms. The quantitative estimate of drug-likeness (QED) is 0.696. The van der Waals surface area contributed by atoms with Crippen LogP contribution in [0.25, 0.3) is 0 Å². The predicted molar refractivity (Wildman–Crippen MR) is 51.6 cm³/mol. The molecule has 0 aliphatic heterocycles. The predicted octanol–water partition coefficient (Wildman–Crippen LogP) is 1.45. The number of ketones is 1. The third-order valence-corrected chi connectivity index (χ3v) is 2.94. The molecule has 4 heteroatoms. The fourth-order valence-electron chi connectivity index (χ4n) is 1.62.